The summed E-state index contributed by atoms with van der Waals surface area (Å²) in [6.45, 7) is 1.97. The number of carbonyl (C=O) groups excluding carboxylic acids is 2. The SMILES string of the molecule is CC(=O)O[C@H](CC(=O)N[C@@H](CCCN=C(N)N)C(=O)O)C[N+](C)(C)C. The normalized spacial score (nSPS) is 13.4. The number of esters is 1. The topological polar surface area (TPSA) is 157 Å². The number of hydrogen-bond acceptors (Lipinski definition) is 5. The highest BCUT2D eigenvalue weighted by atomic mass is 16.5. The summed E-state index contributed by atoms with van der Waals surface area (Å²) >= 11 is 0. The molecule has 10 nitrogen and oxygen atoms in total. The number of ether oxygens (including phenoxy) is 1. The molecule has 0 aromatic rings. The van der Waals surface area contributed by atoms with Crippen LogP contribution in [0.15, 0.2) is 4.99 Å². The number of likely N-dealkylation sites (N-methyl/N-ethyl adjacent to an activating group) is 1. The van der Waals surface area contributed by atoms with E-state index in [-0.39, 0.29) is 25.3 Å². The number of nitrogens with two attached hydrogens (primary N) is 2. The number of carboxylic acid groups (broad SMARTS) is 1. The quantitative estimate of drug-likeness (QED) is 0.116. The van der Waals surface area contributed by atoms with Gasteiger partial charge in [-0.15, -0.1) is 0 Å². The van der Waals surface area contributed by atoms with Gasteiger partial charge in [0, 0.05) is 13.5 Å². The average Bonchev–Trinajstić information content (AvgIpc) is 2.38. The van der Waals surface area contributed by atoms with Crippen molar-refractivity contribution in [2.45, 2.75) is 38.3 Å². The van der Waals surface area contributed by atoms with Crippen LogP contribution in [0.3, 0.4) is 0 Å². The van der Waals surface area contributed by atoms with Crippen LogP contribution in [0.4, 0.5) is 0 Å². The Morgan fingerprint density at radius 3 is 2.28 bits per heavy atom. The fraction of sp³-hybridized carbons (Fsp3) is 0.733. The summed E-state index contributed by atoms with van der Waals surface area (Å²) in [6.07, 6.45) is -0.145. The molecule has 0 aromatic heterocycles. The van der Waals surface area contributed by atoms with Gasteiger partial charge in [-0.3, -0.25) is 14.6 Å². The molecule has 25 heavy (non-hydrogen) atoms. The number of nitrogens with one attached hydrogen (secondary N) is 1. The van der Waals surface area contributed by atoms with Crippen LogP contribution < -0.4 is 16.8 Å². The summed E-state index contributed by atoms with van der Waals surface area (Å²) in [5, 5.41) is 11.7. The number of carboxylic acids is 1. The molecular weight excluding hydrogens is 330 g/mol. The summed E-state index contributed by atoms with van der Waals surface area (Å²) < 4.78 is 5.65. The van der Waals surface area contributed by atoms with Crippen LogP contribution in [0.2, 0.25) is 0 Å². The van der Waals surface area contributed by atoms with Gasteiger partial charge in [-0.05, 0) is 12.8 Å². The number of amides is 1. The molecule has 10 heteroatoms. The minimum Gasteiger partial charge on any atom is -0.480 e. The zero-order valence-corrected chi connectivity index (χ0v) is 15.3. The van der Waals surface area contributed by atoms with Crippen molar-refractivity contribution >= 4 is 23.8 Å². The van der Waals surface area contributed by atoms with Crippen LogP contribution in [-0.2, 0) is 19.1 Å². The van der Waals surface area contributed by atoms with Gasteiger partial charge < -0.3 is 31.1 Å². The van der Waals surface area contributed by atoms with E-state index in [0.29, 0.717) is 17.4 Å². The molecule has 2 atom stereocenters. The summed E-state index contributed by atoms with van der Waals surface area (Å²) in [5.41, 5.74) is 10.4. The average molecular weight is 360 g/mol. The largest absolute Gasteiger partial charge is 0.480 e. The molecule has 0 bridgehead atoms. The molecule has 144 valence electrons. The van der Waals surface area contributed by atoms with Crippen LogP contribution in [0, 0.1) is 0 Å². The van der Waals surface area contributed by atoms with Gasteiger partial charge in [-0.1, -0.05) is 0 Å². The molecule has 0 heterocycles. The first-order valence-corrected chi connectivity index (χ1v) is 7.96. The molecule has 1 amide bonds. The Morgan fingerprint density at radius 1 is 1.24 bits per heavy atom. The Balaban J connectivity index is 4.66. The monoisotopic (exact) mass is 360 g/mol. The van der Waals surface area contributed by atoms with Gasteiger partial charge in [-0.2, -0.15) is 0 Å². The van der Waals surface area contributed by atoms with Gasteiger partial charge >= 0.3 is 11.9 Å². The fourth-order valence-corrected chi connectivity index (χ4v) is 2.21. The Labute approximate surface area is 147 Å². The number of carbonyl (C=O) groups is 3. The predicted molar refractivity (Wildman–Crippen MR) is 92.5 cm³/mol. The fourth-order valence-electron chi connectivity index (χ4n) is 2.21. The van der Waals surface area contributed by atoms with Gasteiger partial charge in [0.1, 0.15) is 12.6 Å². The van der Waals surface area contributed by atoms with E-state index in [1.807, 2.05) is 21.1 Å². The summed E-state index contributed by atoms with van der Waals surface area (Å²) in [6, 6.07) is -1.05. The number of guanidine groups is 1. The summed E-state index contributed by atoms with van der Waals surface area (Å²) in [5.74, 6) is -2.19. The van der Waals surface area contributed by atoms with E-state index in [9.17, 15) is 19.5 Å². The van der Waals surface area contributed by atoms with Crippen molar-refractivity contribution < 1.29 is 28.7 Å². The maximum Gasteiger partial charge on any atom is 0.326 e. The molecular formula is C15H30N5O5+. The van der Waals surface area contributed by atoms with E-state index in [2.05, 4.69) is 10.3 Å². The molecule has 0 aliphatic heterocycles. The van der Waals surface area contributed by atoms with Crippen LogP contribution >= 0.6 is 0 Å². The molecule has 0 aliphatic rings. The number of hydrogen-bond donors (Lipinski definition) is 4. The van der Waals surface area contributed by atoms with Crippen molar-refractivity contribution in [3.8, 4) is 0 Å². The van der Waals surface area contributed by atoms with Gasteiger partial charge in [0.2, 0.25) is 5.91 Å². The highest BCUT2D eigenvalue weighted by Gasteiger charge is 2.26. The third-order valence-corrected chi connectivity index (χ3v) is 3.08. The van der Waals surface area contributed by atoms with Crippen molar-refractivity contribution in [1.82, 2.24) is 5.32 Å². The lowest BCUT2D eigenvalue weighted by molar-refractivity contribution is -0.873. The highest BCUT2D eigenvalue weighted by Crippen LogP contribution is 2.07. The minimum atomic E-state index is -1.14. The zero-order valence-electron chi connectivity index (χ0n) is 15.3. The van der Waals surface area contributed by atoms with Crippen LogP contribution in [0.1, 0.15) is 26.2 Å². The van der Waals surface area contributed by atoms with Crippen molar-refractivity contribution in [3.63, 3.8) is 0 Å². The first-order chi connectivity index (χ1) is 11.4. The maximum atomic E-state index is 12.1. The second-order valence-electron chi connectivity index (χ2n) is 6.82. The third-order valence-electron chi connectivity index (χ3n) is 3.08. The lowest BCUT2D eigenvalue weighted by Crippen LogP contribution is -2.47. The molecule has 0 radical (unpaired) electrons. The Hall–Kier alpha value is -2.36. The molecule has 0 fully saturated rings. The summed E-state index contributed by atoms with van der Waals surface area (Å²) in [4.78, 5) is 38.4. The van der Waals surface area contributed by atoms with Crippen LogP contribution in [0.25, 0.3) is 0 Å². The summed E-state index contributed by atoms with van der Waals surface area (Å²) in [7, 11) is 5.70. The molecule has 0 spiro atoms. The minimum absolute atomic E-state index is 0.0690. The van der Waals surface area contributed by atoms with Gasteiger partial charge in [0.05, 0.1) is 27.6 Å². The lowest BCUT2D eigenvalue weighted by Gasteiger charge is -2.28. The van der Waals surface area contributed by atoms with E-state index < -0.39 is 30.0 Å². The molecule has 0 unspecified atom stereocenters. The number of aliphatic carboxylic acids is 1. The lowest BCUT2D eigenvalue weighted by atomic mass is 10.1. The predicted octanol–water partition coefficient (Wildman–Crippen LogP) is -1.36. The van der Waals surface area contributed by atoms with Crippen molar-refractivity contribution in [2.75, 3.05) is 34.2 Å². The Kier molecular flexibility index (Phi) is 9.50. The smallest absolute Gasteiger partial charge is 0.326 e. The molecule has 0 rings (SSSR count). The molecule has 0 saturated heterocycles. The van der Waals surface area contributed by atoms with Gasteiger partial charge in [0.25, 0.3) is 0 Å². The van der Waals surface area contributed by atoms with Crippen LogP contribution in [0.5, 0.6) is 0 Å². The van der Waals surface area contributed by atoms with E-state index >= 15 is 0 Å². The first kappa shape index (κ1) is 22.6. The van der Waals surface area contributed by atoms with E-state index in [4.69, 9.17) is 16.2 Å². The Morgan fingerprint density at radius 2 is 1.84 bits per heavy atom. The number of rotatable bonds is 11. The Bertz CT molecular complexity index is 497. The zero-order chi connectivity index (χ0) is 19.6. The third kappa shape index (κ3) is 12.7. The second kappa shape index (κ2) is 10.5. The van der Waals surface area contributed by atoms with Crippen LogP contribution in [-0.4, -0.2) is 79.8 Å². The van der Waals surface area contributed by atoms with Gasteiger partial charge in [0.15, 0.2) is 12.1 Å². The maximum absolute atomic E-state index is 12.1. The van der Waals surface area contributed by atoms with Crippen molar-refractivity contribution in [3.05, 3.63) is 0 Å². The molecule has 6 N–H and O–H groups in total. The van der Waals surface area contributed by atoms with E-state index in [1.165, 1.54) is 6.92 Å². The molecule has 0 aliphatic carbocycles. The molecule has 0 aromatic carbocycles. The first-order valence-electron chi connectivity index (χ1n) is 7.96. The van der Waals surface area contributed by atoms with Crippen molar-refractivity contribution in [1.29, 1.82) is 0 Å². The van der Waals surface area contributed by atoms with Crippen molar-refractivity contribution in [2.24, 2.45) is 16.5 Å². The molecule has 0 saturated carbocycles. The number of quaternary nitrogens is 1. The van der Waals surface area contributed by atoms with Gasteiger partial charge in [-0.25, -0.2) is 4.79 Å². The highest BCUT2D eigenvalue weighted by molar-refractivity contribution is 5.84. The number of aliphatic imine (C=N–C) groups is 1. The van der Waals surface area contributed by atoms with E-state index in [0.717, 1.165) is 0 Å². The second-order valence-corrected chi connectivity index (χ2v) is 6.82. The van der Waals surface area contributed by atoms with E-state index in [1.54, 1.807) is 0 Å². The number of nitrogens with zero attached hydrogens (tertiary/aromatic N) is 2. The standard InChI is InChI=1S/C15H29N5O5/c1-10(21)25-11(9-20(2,3)4)8-13(22)19-12(14(23)24)6-5-7-18-15(16)17/h11-12H,5-9H2,1-4H3,(H5-,16,17,18,19,22,23,24)/p+1/t11-,12+/m1/s1.